The number of rotatable bonds is 6. The van der Waals surface area contributed by atoms with Crippen LogP contribution in [0, 0.1) is 0 Å². The normalized spacial score (nSPS) is 13.8. The summed E-state index contributed by atoms with van der Waals surface area (Å²) in [5.74, 6) is -0.421. The Morgan fingerprint density at radius 3 is 2.19 bits per heavy atom. The smallest absolute Gasteiger partial charge is 0.409 e. The van der Waals surface area contributed by atoms with Crippen LogP contribution in [0.25, 0.3) is 0 Å². The number of nitrogens with zero attached hydrogens (tertiary/aromatic N) is 2. The molecule has 1 fully saturated rings. The van der Waals surface area contributed by atoms with E-state index in [2.05, 4.69) is 19.2 Å². The van der Waals surface area contributed by atoms with Crippen molar-refractivity contribution >= 4 is 35.4 Å². The minimum Gasteiger partial charge on any atom is -0.450 e. The molecule has 7 nitrogen and oxygen atoms in total. The number of ether oxygens (including phenoxy) is 1. The second kappa shape index (κ2) is 11.0. The van der Waals surface area contributed by atoms with Gasteiger partial charge >= 0.3 is 6.09 Å². The number of thioether (sulfide) groups is 1. The molecule has 170 valence electrons. The van der Waals surface area contributed by atoms with E-state index < -0.39 is 0 Å². The highest BCUT2D eigenvalue weighted by Gasteiger charge is 2.27. The second-order valence-corrected chi connectivity index (χ2v) is 9.26. The summed E-state index contributed by atoms with van der Waals surface area (Å²) in [7, 11) is 0. The molecule has 1 saturated heterocycles. The van der Waals surface area contributed by atoms with Crippen LogP contribution in [0.5, 0.6) is 0 Å². The fourth-order valence-corrected chi connectivity index (χ4v) is 4.41. The van der Waals surface area contributed by atoms with E-state index in [1.165, 1.54) is 0 Å². The van der Waals surface area contributed by atoms with Gasteiger partial charge in [0.25, 0.3) is 11.8 Å². The SMILES string of the molecule is CCOC(=O)N1CCN(C(=O)c2ccccc2NC(=O)c2ccccc2SC(C)C)CC1. The predicted octanol–water partition coefficient (Wildman–Crippen LogP) is 4.35. The maximum Gasteiger partial charge on any atom is 0.409 e. The first-order valence-electron chi connectivity index (χ1n) is 10.8. The Balaban J connectivity index is 1.72. The van der Waals surface area contributed by atoms with E-state index in [4.69, 9.17) is 4.74 Å². The number of hydrogen-bond donors (Lipinski definition) is 1. The van der Waals surface area contributed by atoms with Gasteiger partial charge in [0.15, 0.2) is 0 Å². The first kappa shape index (κ1) is 23.7. The predicted molar refractivity (Wildman–Crippen MR) is 126 cm³/mol. The van der Waals surface area contributed by atoms with Gasteiger partial charge in [0.2, 0.25) is 0 Å². The number of carbonyl (C=O) groups is 3. The van der Waals surface area contributed by atoms with E-state index in [1.54, 1.807) is 58.8 Å². The van der Waals surface area contributed by atoms with Gasteiger partial charge in [-0.05, 0) is 31.2 Å². The van der Waals surface area contributed by atoms with Gasteiger partial charge in [0.05, 0.1) is 23.4 Å². The Morgan fingerprint density at radius 2 is 1.53 bits per heavy atom. The summed E-state index contributed by atoms with van der Waals surface area (Å²) in [6.45, 7) is 7.90. The molecule has 1 N–H and O–H groups in total. The summed E-state index contributed by atoms with van der Waals surface area (Å²) < 4.78 is 5.03. The van der Waals surface area contributed by atoms with Crippen molar-refractivity contribution in [2.75, 3.05) is 38.1 Å². The molecule has 1 aliphatic rings. The fraction of sp³-hybridized carbons (Fsp3) is 0.375. The van der Waals surface area contributed by atoms with E-state index in [0.717, 1.165) is 4.90 Å². The molecule has 2 aromatic carbocycles. The van der Waals surface area contributed by atoms with Crippen LogP contribution in [0.4, 0.5) is 10.5 Å². The van der Waals surface area contributed by atoms with Crippen LogP contribution in [0.3, 0.4) is 0 Å². The van der Waals surface area contributed by atoms with Crippen molar-refractivity contribution in [3.63, 3.8) is 0 Å². The van der Waals surface area contributed by atoms with Crippen molar-refractivity contribution in [1.82, 2.24) is 9.80 Å². The molecular formula is C24H29N3O4S. The number of anilines is 1. The lowest BCUT2D eigenvalue weighted by atomic mass is 10.1. The van der Waals surface area contributed by atoms with Gasteiger partial charge in [0, 0.05) is 36.3 Å². The molecule has 0 bridgehead atoms. The van der Waals surface area contributed by atoms with Crippen molar-refractivity contribution in [3.8, 4) is 0 Å². The Morgan fingerprint density at radius 1 is 0.938 bits per heavy atom. The van der Waals surface area contributed by atoms with Crippen LogP contribution >= 0.6 is 11.8 Å². The minimum atomic E-state index is -0.356. The molecule has 3 amide bonds. The summed E-state index contributed by atoms with van der Waals surface area (Å²) in [5.41, 5.74) is 1.48. The Labute approximate surface area is 193 Å². The van der Waals surface area contributed by atoms with Crippen molar-refractivity contribution in [1.29, 1.82) is 0 Å². The van der Waals surface area contributed by atoms with Crippen LogP contribution in [0.15, 0.2) is 53.4 Å². The number of piperazine rings is 1. The molecular weight excluding hydrogens is 426 g/mol. The number of nitrogens with one attached hydrogen (secondary N) is 1. The van der Waals surface area contributed by atoms with Crippen molar-refractivity contribution in [3.05, 3.63) is 59.7 Å². The number of carbonyl (C=O) groups excluding carboxylic acids is 3. The average molecular weight is 456 g/mol. The Bertz CT molecular complexity index is 971. The first-order chi connectivity index (χ1) is 15.4. The third-order valence-corrected chi connectivity index (χ3v) is 6.07. The zero-order chi connectivity index (χ0) is 23.1. The molecule has 0 unspecified atom stereocenters. The van der Waals surface area contributed by atoms with Gasteiger partial charge in [-0.25, -0.2) is 4.79 Å². The second-order valence-electron chi connectivity index (χ2n) is 7.64. The van der Waals surface area contributed by atoms with Gasteiger partial charge in [-0.3, -0.25) is 9.59 Å². The van der Waals surface area contributed by atoms with E-state index in [1.807, 2.05) is 18.2 Å². The Hall–Kier alpha value is -3.00. The highest BCUT2D eigenvalue weighted by Crippen LogP contribution is 2.28. The molecule has 32 heavy (non-hydrogen) atoms. The van der Waals surface area contributed by atoms with Crippen LogP contribution in [0.1, 0.15) is 41.5 Å². The first-order valence-corrected chi connectivity index (χ1v) is 11.7. The molecule has 1 heterocycles. The molecule has 8 heteroatoms. The number of amides is 3. The van der Waals surface area contributed by atoms with Gasteiger partial charge in [-0.2, -0.15) is 0 Å². The molecule has 2 aromatic rings. The lowest BCUT2D eigenvalue weighted by molar-refractivity contribution is 0.0571. The quantitative estimate of drug-likeness (QED) is 0.655. The highest BCUT2D eigenvalue weighted by atomic mass is 32.2. The summed E-state index contributed by atoms with van der Waals surface area (Å²) in [6.07, 6.45) is -0.356. The highest BCUT2D eigenvalue weighted by molar-refractivity contribution is 8.00. The van der Waals surface area contributed by atoms with Crippen LogP contribution in [-0.2, 0) is 4.74 Å². The fourth-order valence-electron chi connectivity index (χ4n) is 3.46. The molecule has 1 aliphatic heterocycles. The van der Waals surface area contributed by atoms with Gasteiger partial charge in [-0.15, -0.1) is 11.8 Å². The summed E-state index contributed by atoms with van der Waals surface area (Å²) >= 11 is 1.62. The van der Waals surface area contributed by atoms with Gasteiger partial charge in [0.1, 0.15) is 0 Å². The molecule has 0 spiro atoms. The van der Waals surface area contributed by atoms with Crippen LogP contribution in [-0.4, -0.2) is 65.7 Å². The largest absolute Gasteiger partial charge is 0.450 e. The summed E-state index contributed by atoms with van der Waals surface area (Å²) in [5, 5.41) is 3.26. The van der Waals surface area contributed by atoms with E-state index in [-0.39, 0.29) is 17.9 Å². The number of para-hydroxylation sites is 1. The molecule has 3 rings (SSSR count). The molecule has 0 atom stereocenters. The molecule has 0 aromatic heterocycles. The monoisotopic (exact) mass is 455 g/mol. The molecule has 0 radical (unpaired) electrons. The van der Waals surface area contributed by atoms with Crippen LogP contribution < -0.4 is 5.32 Å². The Kier molecular flexibility index (Phi) is 8.16. The van der Waals surface area contributed by atoms with Gasteiger partial charge in [-0.1, -0.05) is 38.1 Å². The van der Waals surface area contributed by atoms with E-state index in [0.29, 0.717) is 54.9 Å². The van der Waals surface area contributed by atoms with Crippen LogP contribution in [0.2, 0.25) is 0 Å². The molecule has 0 saturated carbocycles. The number of hydrogen-bond acceptors (Lipinski definition) is 5. The van der Waals surface area contributed by atoms with Crippen molar-refractivity contribution < 1.29 is 19.1 Å². The lowest BCUT2D eigenvalue weighted by Gasteiger charge is -2.34. The topological polar surface area (TPSA) is 79.0 Å². The maximum atomic E-state index is 13.2. The summed E-state index contributed by atoms with van der Waals surface area (Å²) in [6, 6.07) is 14.5. The lowest BCUT2D eigenvalue weighted by Crippen LogP contribution is -2.50. The standard InChI is InChI=1S/C24H29N3O4S/c1-4-31-24(30)27-15-13-26(14-16-27)23(29)18-9-5-7-11-20(18)25-22(28)19-10-6-8-12-21(19)32-17(2)3/h5-12,17H,4,13-16H2,1-3H3,(H,25,28). The van der Waals surface area contributed by atoms with E-state index >= 15 is 0 Å². The number of benzene rings is 2. The minimum absolute atomic E-state index is 0.172. The van der Waals surface area contributed by atoms with Crippen molar-refractivity contribution in [2.45, 2.75) is 30.9 Å². The third-order valence-electron chi connectivity index (χ3n) is 4.99. The zero-order valence-electron chi connectivity index (χ0n) is 18.7. The third kappa shape index (κ3) is 5.82. The van der Waals surface area contributed by atoms with E-state index in [9.17, 15) is 14.4 Å². The summed E-state index contributed by atoms with van der Waals surface area (Å²) in [4.78, 5) is 42.3. The maximum absolute atomic E-state index is 13.2. The average Bonchev–Trinajstić information content (AvgIpc) is 2.79. The molecule has 0 aliphatic carbocycles. The zero-order valence-corrected chi connectivity index (χ0v) is 19.5. The van der Waals surface area contributed by atoms with Crippen molar-refractivity contribution in [2.24, 2.45) is 0 Å². The van der Waals surface area contributed by atoms with Gasteiger partial charge < -0.3 is 19.9 Å².